The molecular formula is C38H47F4N5O10S. The number of alkyl halides is 3. The molecule has 15 nitrogen and oxygen atoms in total. The maximum Gasteiger partial charge on any atom is 0.408 e. The van der Waals surface area contributed by atoms with Crippen molar-refractivity contribution in [3.8, 4) is 11.6 Å². The zero-order valence-corrected chi connectivity index (χ0v) is 33.4. The van der Waals surface area contributed by atoms with Crippen molar-refractivity contribution in [3.05, 3.63) is 42.4 Å². The lowest BCUT2D eigenvalue weighted by molar-refractivity contribution is -0.145. The van der Waals surface area contributed by atoms with Gasteiger partial charge in [-0.2, -0.15) is 0 Å². The van der Waals surface area contributed by atoms with E-state index in [-0.39, 0.29) is 49.2 Å². The van der Waals surface area contributed by atoms with E-state index in [2.05, 4.69) is 15.6 Å². The normalized spacial score (nSPS) is 29.2. The number of aromatic nitrogens is 1. The highest BCUT2D eigenvalue weighted by Gasteiger charge is 2.64. The van der Waals surface area contributed by atoms with Crippen molar-refractivity contribution in [2.75, 3.05) is 20.3 Å². The zero-order chi connectivity index (χ0) is 42.4. The first-order valence-corrected chi connectivity index (χ1v) is 20.4. The number of hydrogen-bond donors (Lipinski definition) is 3. The molecule has 3 N–H and O–H groups in total. The van der Waals surface area contributed by atoms with Gasteiger partial charge in [0.1, 0.15) is 46.7 Å². The van der Waals surface area contributed by atoms with Crippen LogP contribution in [0, 0.1) is 11.7 Å². The third kappa shape index (κ3) is 8.53. The number of alkyl carbamates (subject to hydrolysis) is 1. The summed E-state index contributed by atoms with van der Waals surface area (Å²) in [6.45, 7) is 3.62. The minimum absolute atomic E-state index is 0.0153. The van der Waals surface area contributed by atoms with E-state index in [0.717, 1.165) is 18.7 Å². The number of pyridine rings is 1. The Bertz CT molecular complexity index is 2090. The number of nitrogens with one attached hydrogen (secondary N) is 3. The van der Waals surface area contributed by atoms with E-state index in [0.29, 0.717) is 18.2 Å². The lowest BCUT2D eigenvalue weighted by Crippen LogP contribution is -2.60. The highest BCUT2D eigenvalue weighted by atomic mass is 32.2. The second kappa shape index (κ2) is 16.1. The fourth-order valence-corrected chi connectivity index (χ4v) is 8.74. The standard InChI is InChI=1S/C38H47F4N5O10S/c1-20-8-6-7-9-22-17-38(22,34(50)46-58(52,53)37(19-39)11-12-37)45-30(48)27-16-24(56-31-26-14-23(40)15-28(54-5)25(26)10-13-43-31)18-47(27)32(49)29(21(2)55-20)44-35(51)57-36(3,4)33(41)42/h7,9-10,13-15,20-22,24,27,29,33H,6,8,11-12,16-19H2,1-5H3,(H,44,51)(H,45,48)(H,46,50)/b9-7-/t20-,21-,22+,24+,27-,29-,38+/m0/s1. The number of ether oxygens (including phenoxy) is 4. The van der Waals surface area contributed by atoms with Crippen LogP contribution in [0.2, 0.25) is 0 Å². The van der Waals surface area contributed by atoms with E-state index < -0.39 is 105 Å². The first kappa shape index (κ1) is 42.9. The molecule has 1 aromatic heterocycles. The van der Waals surface area contributed by atoms with Gasteiger partial charge in [-0.25, -0.2) is 35.8 Å². The molecule has 2 aliphatic carbocycles. The van der Waals surface area contributed by atoms with Crippen molar-refractivity contribution >= 4 is 44.6 Å². The topological polar surface area (TPSA) is 192 Å². The van der Waals surface area contributed by atoms with Crippen LogP contribution in [0.4, 0.5) is 22.4 Å². The summed E-state index contributed by atoms with van der Waals surface area (Å²) in [7, 11) is -3.12. The molecule has 2 aromatic rings. The molecule has 58 heavy (non-hydrogen) atoms. The average molecular weight is 842 g/mol. The molecule has 3 heterocycles. The van der Waals surface area contributed by atoms with Crippen LogP contribution in [-0.4, -0.2) is 115 Å². The maximum atomic E-state index is 14.7. The highest BCUT2D eigenvalue weighted by molar-refractivity contribution is 7.91. The van der Waals surface area contributed by atoms with Gasteiger partial charge in [0.15, 0.2) is 5.60 Å². The summed E-state index contributed by atoms with van der Waals surface area (Å²) in [4.78, 5) is 61.4. The summed E-state index contributed by atoms with van der Waals surface area (Å²) in [5.74, 6) is -4.10. The molecule has 6 rings (SSSR count). The molecule has 1 saturated heterocycles. The summed E-state index contributed by atoms with van der Waals surface area (Å²) in [6, 6.07) is 0.862. The molecule has 0 spiro atoms. The molecule has 4 amide bonds. The monoisotopic (exact) mass is 841 g/mol. The number of hydrogen-bond acceptors (Lipinski definition) is 11. The van der Waals surface area contributed by atoms with Crippen LogP contribution in [0.1, 0.15) is 66.2 Å². The van der Waals surface area contributed by atoms with E-state index in [4.69, 9.17) is 18.9 Å². The van der Waals surface area contributed by atoms with Crippen LogP contribution >= 0.6 is 0 Å². The molecule has 0 bridgehead atoms. The number of allylic oxidation sites excluding steroid dienone is 1. The van der Waals surface area contributed by atoms with E-state index in [1.54, 1.807) is 25.1 Å². The van der Waals surface area contributed by atoms with E-state index in [1.807, 2.05) is 4.72 Å². The third-order valence-corrected chi connectivity index (χ3v) is 13.3. The average Bonchev–Trinajstić information content (AvgIpc) is 4.06. The Labute approximate surface area is 332 Å². The Morgan fingerprint density at radius 3 is 2.55 bits per heavy atom. The van der Waals surface area contributed by atoms with Crippen LogP contribution in [0.3, 0.4) is 0 Å². The van der Waals surface area contributed by atoms with Gasteiger partial charge in [0.05, 0.1) is 31.2 Å². The second-order valence-corrected chi connectivity index (χ2v) is 18.0. The fraction of sp³-hybridized carbons (Fsp3) is 0.605. The quantitative estimate of drug-likeness (QED) is 0.233. The van der Waals surface area contributed by atoms with Crippen molar-refractivity contribution in [2.24, 2.45) is 5.92 Å². The first-order valence-electron chi connectivity index (χ1n) is 18.9. The van der Waals surface area contributed by atoms with E-state index >= 15 is 0 Å². The van der Waals surface area contributed by atoms with E-state index in [1.165, 1.54) is 32.4 Å². The van der Waals surface area contributed by atoms with Gasteiger partial charge >= 0.3 is 6.09 Å². The molecule has 2 saturated carbocycles. The summed E-state index contributed by atoms with van der Waals surface area (Å²) >= 11 is 0. The molecule has 20 heteroatoms. The minimum atomic E-state index is -4.48. The molecule has 2 aliphatic heterocycles. The van der Waals surface area contributed by atoms with Crippen LogP contribution in [0.25, 0.3) is 10.8 Å². The number of fused-ring (bicyclic) bond motifs is 3. The van der Waals surface area contributed by atoms with Crippen LogP contribution < -0.4 is 24.8 Å². The van der Waals surface area contributed by atoms with E-state index in [9.17, 15) is 45.2 Å². The molecule has 4 aliphatic rings. The Hall–Kier alpha value is -4.72. The highest BCUT2D eigenvalue weighted by Crippen LogP contribution is 2.48. The van der Waals surface area contributed by atoms with Crippen molar-refractivity contribution < 1.29 is 64.1 Å². The van der Waals surface area contributed by atoms with Crippen molar-refractivity contribution in [3.63, 3.8) is 0 Å². The second-order valence-electron chi connectivity index (χ2n) is 15.9. The van der Waals surface area contributed by atoms with Gasteiger partial charge < -0.3 is 34.5 Å². The van der Waals surface area contributed by atoms with Gasteiger partial charge in [0.2, 0.25) is 27.7 Å². The number of sulfonamides is 1. The van der Waals surface area contributed by atoms with Gasteiger partial charge in [0.25, 0.3) is 12.3 Å². The minimum Gasteiger partial charge on any atom is -0.496 e. The van der Waals surface area contributed by atoms with Gasteiger partial charge in [0, 0.05) is 30.0 Å². The Morgan fingerprint density at radius 1 is 1.17 bits per heavy atom. The number of benzene rings is 1. The number of nitrogens with zero attached hydrogens (tertiary/aromatic N) is 2. The zero-order valence-electron chi connectivity index (χ0n) is 32.6. The lowest BCUT2D eigenvalue weighted by atomic mass is 10.1. The molecular weight excluding hydrogens is 795 g/mol. The summed E-state index contributed by atoms with van der Waals surface area (Å²) in [5, 5.41) is 5.68. The Balaban J connectivity index is 1.36. The van der Waals surface area contributed by atoms with Crippen molar-refractivity contribution in [1.82, 2.24) is 25.2 Å². The van der Waals surface area contributed by atoms with Crippen molar-refractivity contribution in [1.29, 1.82) is 0 Å². The lowest BCUT2D eigenvalue weighted by Gasteiger charge is -2.33. The molecule has 318 valence electrons. The summed E-state index contributed by atoms with van der Waals surface area (Å²) < 4.78 is 105. The number of rotatable bonds is 10. The van der Waals surface area contributed by atoms with Crippen molar-refractivity contribution in [2.45, 2.75) is 119 Å². The number of amides is 4. The molecule has 0 radical (unpaired) electrons. The number of methoxy groups -OCH3 is 1. The molecule has 0 unspecified atom stereocenters. The van der Waals surface area contributed by atoms with Gasteiger partial charge in [-0.05, 0) is 71.9 Å². The number of carbonyl (C=O) groups excluding carboxylic acids is 4. The predicted molar refractivity (Wildman–Crippen MR) is 199 cm³/mol. The first-order chi connectivity index (χ1) is 27.3. The third-order valence-electron chi connectivity index (χ3n) is 11.2. The van der Waals surface area contributed by atoms with Crippen LogP contribution in [0.5, 0.6) is 11.6 Å². The predicted octanol–water partition coefficient (Wildman–Crippen LogP) is 3.84. The largest absolute Gasteiger partial charge is 0.496 e. The number of carbonyl (C=O) groups is 4. The van der Waals surface area contributed by atoms with Crippen LogP contribution in [0.15, 0.2) is 36.5 Å². The Morgan fingerprint density at radius 2 is 1.90 bits per heavy atom. The summed E-state index contributed by atoms with van der Waals surface area (Å²) in [5.41, 5.74) is -4.05. The summed E-state index contributed by atoms with van der Waals surface area (Å²) in [6.07, 6.45) is -1.80. The number of halogens is 4. The van der Waals surface area contributed by atoms with Crippen LogP contribution in [-0.2, 0) is 33.9 Å². The Kier molecular flexibility index (Phi) is 11.9. The SMILES string of the molecule is COc1cc(F)cc2c(O[C@@H]3C[C@H]4C(=O)N[C@]5(C(=O)NS(=O)(=O)C6(CF)CC6)C[C@H]5/C=C\CC[C@H](C)O[C@@H](C)[C@H](NC(=O)OC(C)(C)C(F)F)C(=O)N4C3)nccc12. The van der Waals surface area contributed by atoms with Gasteiger partial charge in [-0.3, -0.25) is 19.1 Å². The fourth-order valence-electron chi connectivity index (χ4n) is 7.31. The smallest absolute Gasteiger partial charge is 0.408 e. The molecule has 7 atom stereocenters. The van der Waals surface area contributed by atoms with Gasteiger partial charge in [-0.1, -0.05) is 12.2 Å². The maximum absolute atomic E-state index is 14.7. The molecule has 3 fully saturated rings. The van der Waals surface area contributed by atoms with Gasteiger partial charge in [-0.15, -0.1) is 0 Å². The molecule has 1 aromatic carbocycles.